The van der Waals surface area contributed by atoms with Gasteiger partial charge in [-0.15, -0.1) is 0 Å². The summed E-state index contributed by atoms with van der Waals surface area (Å²) in [6.45, 7) is 6.19. The van der Waals surface area contributed by atoms with Crippen molar-refractivity contribution in [2.24, 2.45) is 0 Å². The molecule has 0 aliphatic rings. The number of rotatable bonds is 1. The predicted molar refractivity (Wildman–Crippen MR) is 48.0 cm³/mol. The Balaban J connectivity index is 3.29. The maximum atomic E-state index is 4.25. The van der Waals surface area contributed by atoms with E-state index in [1.807, 2.05) is 20.2 Å². The average molecular weight is 150 g/mol. The van der Waals surface area contributed by atoms with Crippen LogP contribution >= 0.6 is 0 Å². The summed E-state index contributed by atoms with van der Waals surface area (Å²) >= 11 is 0. The van der Waals surface area contributed by atoms with Crippen LogP contribution < -0.4 is 5.32 Å². The summed E-state index contributed by atoms with van der Waals surface area (Å²) in [6, 6.07) is 0. The Kier molecular flexibility index (Phi) is 2.13. The molecule has 0 aromatic carbocycles. The molecule has 0 aliphatic carbocycles. The van der Waals surface area contributed by atoms with Crippen molar-refractivity contribution >= 4 is 5.69 Å². The second kappa shape index (κ2) is 2.91. The van der Waals surface area contributed by atoms with Crippen LogP contribution in [0.1, 0.15) is 16.8 Å². The van der Waals surface area contributed by atoms with Gasteiger partial charge in [0.15, 0.2) is 0 Å². The molecule has 0 saturated carbocycles. The third-order valence-electron chi connectivity index (χ3n) is 2.03. The van der Waals surface area contributed by atoms with Gasteiger partial charge < -0.3 is 5.32 Å². The van der Waals surface area contributed by atoms with Crippen LogP contribution in [0.2, 0.25) is 0 Å². The first-order chi connectivity index (χ1) is 5.16. The van der Waals surface area contributed by atoms with E-state index < -0.39 is 0 Å². The van der Waals surface area contributed by atoms with Gasteiger partial charge in [-0.05, 0) is 31.9 Å². The topological polar surface area (TPSA) is 24.9 Å². The molecule has 2 nitrogen and oxygen atoms in total. The van der Waals surface area contributed by atoms with Gasteiger partial charge in [-0.1, -0.05) is 0 Å². The van der Waals surface area contributed by atoms with E-state index in [9.17, 15) is 0 Å². The lowest BCUT2D eigenvalue weighted by Gasteiger charge is -2.09. The van der Waals surface area contributed by atoms with Crippen molar-refractivity contribution in [1.82, 2.24) is 4.98 Å². The van der Waals surface area contributed by atoms with E-state index in [4.69, 9.17) is 0 Å². The number of nitrogens with zero attached hydrogens (tertiary/aromatic N) is 1. The van der Waals surface area contributed by atoms with Gasteiger partial charge in [0, 0.05) is 13.2 Å². The Morgan fingerprint density at radius 3 is 2.36 bits per heavy atom. The first-order valence-electron chi connectivity index (χ1n) is 3.77. The average Bonchev–Trinajstić information content (AvgIpc) is 1.99. The molecule has 2 heteroatoms. The Hall–Kier alpha value is -1.05. The lowest BCUT2D eigenvalue weighted by atomic mass is 10.1. The van der Waals surface area contributed by atoms with Crippen molar-refractivity contribution in [2.75, 3.05) is 12.4 Å². The maximum Gasteiger partial charge on any atom is 0.0606 e. The summed E-state index contributed by atoms with van der Waals surface area (Å²) in [4.78, 5) is 4.25. The summed E-state index contributed by atoms with van der Waals surface area (Å²) in [5.41, 5.74) is 4.75. The number of nitrogens with one attached hydrogen (secondary N) is 1. The number of pyridine rings is 1. The fourth-order valence-corrected chi connectivity index (χ4v) is 1.19. The normalized spacial score (nSPS) is 9.82. The van der Waals surface area contributed by atoms with E-state index in [0.29, 0.717) is 0 Å². The molecule has 0 unspecified atom stereocenters. The van der Waals surface area contributed by atoms with Crippen molar-refractivity contribution in [2.45, 2.75) is 20.8 Å². The molecule has 11 heavy (non-hydrogen) atoms. The maximum absolute atomic E-state index is 4.25. The van der Waals surface area contributed by atoms with Gasteiger partial charge in [-0.2, -0.15) is 0 Å². The zero-order chi connectivity index (χ0) is 8.43. The van der Waals surface area contributed by atoms with Gasteiger partial charge in [0.2, 0.25) is 0 Å². The first-order valence-corrected chi connectivity index (χ1v) is 3.77. The fraction of sp³-hybridized carbons (Fsp3) is 0.444. The first kappa shape index (κ1) is 8.05. The fourth-order valence-electron chi connectivity index (χ4n) is 1.19. The summed E-state index contributed by atoms with van der Waals surface area (Å²) < 4.78 is 0. The number of anilines is 1. The van der Waals surface area contributed by atoms with Crippen molar-refractivity contribution in [3.8, 4) is 0 Å². The molecule has 0 amide bonds. The third-order valence-corrected chi connectivity index (χ3v) is 2.03. The van der Waals surface area contributed by atoms with Gasteiger partial charge in [0.25, 0.3) is 0 Å². The summed E-state index contributed by atoms with van der Waals surface area (Å²) in [7, 11) is 1.93. The minimum atomic E-state index is 1.07. The molecule has 0 aliphatic heterocycles. The third kappa shape index (κ3) is 1.34. The van der Waals surface area contributed by atoms with E-state index in [1.165, 1.54) is 11.1 Å². The smallest absolute Gasteiger partial charge is 0.0606 e. The van der Waals surface area contributed by atoms with Gasteiger partial charge in [0.05, 0.1) is 11.4 Å². The van der Waals surface area contributed by atoms with Crippen molar-refractivity contribution in [3.63, 3.8) is 0 Å². The van der Waals surface area contributed by atoms with Crippen LogP contribution in [0.15, 0.2) is 6.20 Å². The molecule has 0 saturated heterocycles. The van der Waals surface area contributed by atoms with E-state index in [1.54, 1.807) is 0 Å². The Bertz CT molecular complexity index is 267. The van der Waals surface area contributed by atoms with Gasteiger partial charge >= 0.3 is 0 Å². The zero-order valence-corrected chi connectivity index (χ0v) is 7.52. The van der Waals surface area contributed by atoms with E-state index in [2.05, 4.69) is 24.1 Å². The molecule has 60 valence electrons. The van der Waals surface area contributed by atoms with Crippen LogP contribution in [0.25, 0.3) is 0 Å². The zero-order valence-electron chi connectivity index (χ0n) is 7.52. The highest BCUT2D eigenvalue weighted by molar-refractivity contribution is 5.55. The van der Waals surface area contributed by atoms with Crippen LogP contribution in [0, 0.1) is 20.8 Å². The molecule has 0 bridgehead atoms. The van der Waals surface area contributed by atoms with Crippen LogP contribution in [0.4, 0.5) is 5.69 Å². The van der Waals surface area contributed by atoms with Gasteiger partial charge in [-0.25, -0.2) is 0 Å². The molecule has 0 radical (unpaired) electrons. The number of aryl methyl sites for hydroxylation is 2. The molecule has 1 heterocycles. The molecular weight excluding hydrogens is 136 g/mol. The van der Waals surface area contributed by atoms with Crippen LogP contribution in [0.5, 0.6) is 0 Å². The number of hydrogen-bond donors (Lipinski definition) is 1. The highest BCUT2D eigenvalue weighted by Crippen LogP contribution is 2.19. The van der Waals surface area contributed by atoms with E-state index in [-0.39, 0.29) is 0 Å². The minimum absolute atomic E-state index is 1.07. The largest absolute Gasteiger partial charge is 0.386 e. The second-order valence-electron chi connectivity index (χ2n) is 2.78. The van der Waals surface area contributed by atoms with Crippen molar-refractivity contribution in [1.29, 1.82) is 0 Å². The lowest BCUT2D eigenvalue weighted by Crippen LogP contribution is -1.99. The molecule has 1 aromatic rings. The summed E-state index contributed by atoms with van der Waals surface area (Å²) in [5, 5.41) is 3.14. The highest BCUT2D eigenvalue weighted by atomic mass is 14.9. The molecule has 1 aromatic heterocycles. The van der Waals surface area contributed by atoms with Crippen LogP contribution in [0.3, 0.4) is 0 Å². The molecule has 1 rings (SSSR count). The summed E-state index contributed by atoms with van der Waals surface area (Å²) in [5.74, 6) is 0. The quantitative estimate of drug-likeness (QED) is 0.662. The number of aromatic nitrogens is 1. The van der Waals surface area contributed by atoms with Crippen LogP contribution in [-0.2, 0) is 0 Å². The lowest BCUT2D eigenvalue weighted by molar-refractivity contribution is 1.13. The summed E-state index contributed by atoms with van der Waals surface area (Å²) in [6.07, 6.45) is 1.91. The second-order valence-corrected chi connectivity index (χ2v) is 2.78. The Morgan fingerprint density at radius 2 is 1.91 bits per heavy atom. The number of hydrogen-bond acceptors (Lipinski definition) is 2. The Morgan fingerprint density at radius 1 is 1.27 bits per heavy atom. The van der Waals surface area contributed by atoms with Crippen molar-refractivity contribution in [3.05, 3.63) is 23.0 Å². The monoisotopic (exact) mass is 150 g/mol. The SMILES string of the molecule is CNc1c(C)ncc(C)c1C. The highest BCUT2D eigenvalue weighted by Gasteiger charge is 2.02. The Labute approximate surface area is 67.7 Å². The van der Waals surface area contributed by atoms with Crippen molar-refractivity contribution < 1.29 is 0 Å². The molecular formula is C9H14N2. The van der Waals surface area contributed by atoms with Crippen LogP contribution in [-0.4, -0.2) is 12.0 Å². The van der Waals surface area contributed by atoms with Gasteiger partial charge in [0.1, 0.15) is 0 Å². The van der Waals surface area contributed by atoms with E-state index in [0.717, 1.165) is 11.4 Å². The molecule has 0 atom stereocenters. The predicted octanol–water partition coefficient (Wildman–Crippen LogP) is 2.05. The standard InChI is InChI=1S/C9H14N2/c1-6-5-11-8(3)9(10-4)7(6)2/h5,10H,1-4H3. The molecule has 0 fully saturated rings. The van der Waals surface area contributed by atoms with Gasteiger partial charge in [-0.3, -0.25) is 4.98 Å². The minimum Gasteiger partial charge on any atom is -0.386 e. The van der Waals surface area contributed by atoms with E-state index >= 15 is 0 Å². The molecule has 0 spiro atoms. The molecule has 1 N–H and O–H groups in total.